The van der Waals surface area contributed by atoms with Gasteiger partial charge in [0.25, 0.3) is 0 Å². The number of fused-ring (bicyclic) bond motifs is 9. The topological polar surface area (TPSA) is 13.0 Å². The number of anilines is 11. The van der Waals surface area contributed by atoms with E-state index in [9.17, 15) is 0 Å². The van der Waals surface area contributed by atoms with E-state index in [1.165, 1.54) is 50.2 Å². The minimum Gasteiger partial charge on any atom is -0.314 e. The van der Waals surface area contributed by atoms with Crippen molar-refractivity contribution in [1.29, 1.82) is 0 Å². The molecule has 0 bridgehead atoms. The standard InChI is InChI=1S/C73H54N4/c1-9-25-53(26-10-1)74(54-27-11-2-12-28-54)61-41-45-65-66-46-42-62(75(55-29-13-3-14-30-55)56-31-15-4-16-32-56)50-70(66)73(69(65)49-61)71-51-63(76(57-33-17-5-18-34-57)58-35-19-6-20-36-58)43-47-67(71)68-48-44-64(52-72(68)73)77(59-37-21-7-22-38-59)60-39-23-8-24-40-60/h1-43,45-47,49-52H,44,48H2. The molecule has 0 fully saturated rings. The van der Waals surface area contributed by atoms with Crippen LogP contribution >= 0.6 is 0 Å². The second kappa shape index (κ2) is 19.4. The summed E-state index contributed by atoms with van der Waals surface area (Å²) in [6, 6.07) is 109. The van der Waals surface area contributed by atoms with Crippen LogP contribution < -0.4 is 19.6 Å². The van der Waals surface area contributed by atoms with E-state index < -0.39 is 5.41 Å². The molecule has 0 heterocycles. The average molecular weight is 987 g/mol. The van der Waals surface area contributed by atoms with Gasteiger partial charge in [-0.2, -0.15) is 0 Å². The van der Waals surface area contributed by atoms with Crippen LogP contribution in [-0.4, -0.2) is 0 Å². The fourth-order valence-electron chi connectivity index (χ4n) is 12.5. The van der Waals surface area contributed by atoms with Crippen molar-refractivity contribution in [1.82, 2.24) is 0 Å². The van der Waals surface area contributed by atoms with Gasteiger partial charge >= 0.3 is 0 Å². The minimum atomic E-state index is -0.765. The molecule has 0 saturated carbocycles. The maximum absolute atomic E-state index is 2.58. The van der Waals surface area contributed by atoms with E-state index in [4.69, 9.17) is 0 Å². The molecule has 0 atom stereocenters. The Hall–Kier alpha value is -9.90. The van der Waals surface area contributed by atoms with Crippen molar-refractivity contribution in [2.24, 2.45) is 0 Å². The second-order valence-corrected chi connectivity index (χ2v) is 20.0. The molecule has 0 aliphatic heterocycles. The Morgan fingerprint density at radius 2 is 0.494 bits per heavy atom. The maximum Gasteiger partial charge on any atom is 0.0725 e. The lowest BCUT2D eigenvalue weighted by atomic mass is 9.68. The lowest BCUT2D eigenvalue weighted by Gasteiger charge is -2.37. The zero-order chi connectivity index (χ0) is 51.1. The molecule has 0 saturated heterocycles. The first-order chi connectivity index (χ1) is 38.2. The molecule has 11 aromatic carbocycles. The Morgan fingerprint density at radius 3 is 0.792 bits per heavy atom. The first-order valence-electron chi connectivity index (χ1n) is 26.7. The molecular weight excluding hydrogens is 933 g/mol. The normalized spacial score (nSPS) is 13.5. The van der Waals surface area contributed by atoms with Gasteiger partial charge in [-0.15, -0.1) is 0 Å². The summed E-state index contributed by atoms with van der Waals surface area (Å²) in [4.78, 5) is 9.73. The lowest BCUT2D eigenvalue weighted by molar-refractivity contribution is 0.772. The van der Waals surface area contributed by atoms with Crippen molar-refractivity contribution in [2.75, 3.05) is 19.6 Å². The Morgan fingerprint density at radius 1 is 0.234 bits per heavy atom. The summed E-state index contributed by atoms with van der Waals surface area (Å²) in [7, 11) is 0. The lowest BCUT2D eigenvalue weighted by Crippen LogP contribution is -2.29. The second-order valence-electron chi connectivity index (χ2n) is 20.0. The Kier molecular flexibility index (Phi) is 11.5. The first-order valence-corrected chi connectivity index (χ1v) is 26.7. The molecule has 4 nitrogen and oxygen atoms in total. The fourth-order valence-corrected chi connectivity index (χ4v) is 12.5. The molecule has 11 aromatic rings. The van der Waals surface area contributed by atoms with Crippen LogP contribution in [0.15, 0.2) is 315 Å². The average Bonchev–Trinajstić information content (AvgIpc) is 4.20. The van der Waals surface area contributed by atoms with Gasteiger partial charge < -0.3 is 19.6 Å². The zero-order valence-electron chi connectivity index (χ0n) is 42.6. The molecule has 14 rings (SSSR count). The molecule has 0 amide bonds. The summed E-state index contributed by atoms with van der Waals surface area (Å²) < 4.78 is 0. The third kappa shape index (κ3) is 7.84. The molecule has 0 unspecified atom stereocenters. The van der Waals surface area contributed by atoms with Crippen molar-refractivity contribution in [3.63, 3.8) is 0 Å². The van der Waals surface area contributed by atoms with Crippen LogP contribution in [0.2, 0.25) is 0 Å². The maximum atomic E-state index is 2.58. The number of rotatable bonds is 12. The number of allylic oxidation sites excluding steroid dienone is 4. The number of nitrogens with zero attached hydrogens (tertiary/aromatic N) is 4. The monoisotopic (exact) mass is 986 g/mol. The van der Waals surface area contributed by atoms with Gasteiger partial charge in [0.1, 0.15) is 0 Å². The molecule has 3 aliphatic carbocycles. The summed E-state index contributed by atoms with van der Waals surface area (Å²) in [5.74, 6) is 0. The van der Waals surface area contributed by atoms with Crippen molar-refractivity contribution >= 4 is 68.1 Å². The molecule has 4 heteroatoms. The number of benzene rings is 11. The van der Waals surface area contributed by atoms with E-state index in [0.717, 1.165) is 75.4 Å². The van der Waals surface area contributed by atoms with Crippen LogP contribution in [-0.2, 0) is 5.41 Å². The molecule has 366 valence electrons. The van der Waals surface area contributed by atoms with Crippen LogP contribution in [0.5, 0.6) is 0 Å². The number of para-hydroxylation sites is 8. The van der Waals surface area contributed by atoms with Crippen molar-refractivity contribution < 1.29 is 0 Å². The zero-order valence-corrected chi connectivity index (χ0v) is 42.6. The van der Waals surface area contributed by atoms with Gasteiger partial charge in [0.05, 0.1) is 5.41 Å². The number of hydrogen-bond acceptors (Lipinski definition) is 4. The Labute approximate surface area is 451 Å². The largest absolute Gasteiger partial charge is 0.314 e. The van der Waals surface area contributed by atoms with Crippen LogP contribution in [0.3, 0.4) is 0 Å². The summed E-state index contributed by atoms with van der Waals surface area (Å²) in [6.45, 7) is 0. The van der Waals surface area contributed by atoms with E-state index in [-0.39, 0.29) is 0 Å². The molecule has 0 N–H and O–H groups in total. The van der Waals surface area contributed by atoms with Gasteiger partial charge in [0.15, 0.2) is 0 Å². The highest BCUT2D eigenvalue weighted by Crippen LogP contribution is 2.66. The summed E-state index contributed by atoms with van der Waals surface area (Å²) in [6.07, 6.45) is 4.32. The van der Waals surface area contributed by atoms with Crippen molar-refractivity contribution in [2.45, 2.75) is 18.3 Å². The van der Waals surface area contributed by atoms with Gasteiger partial charge in [0, 0.05) is 68.3 Å². The summed E-state index contributed by atoms with van der Waals surface area (Å²) in [5, 5.41) is 0. The van der Waals surface area contributed by atoms with E-state index in [2.05, 4.69) is 323 Å². The van der Waals surface area contributed by atoms with E-state index in [1.807, 2.05) is 0 Å². The SMILES string of the molecule is C1=C(N(c2ccccc2)c2ccccc2)CCC2=C1C1(c3cc(N(c4ccccc4)c4ccccc4)ccc32)c2cc(N(c3ccccc3)c3ccccc3)ccc2-c2ccc(N(c3ccccc3)c3ccccc3)cc21. The van der Waals surface area contributed by atoms with Gasteiger partial charge in [-0.1, -0.05) is 164 Å². The Balaban J connectivity index is 1.09. The highest BCUT2D eigenvalue weighted by molar-refractivity contribution is 6.00. The van der Waals surface area contributed by atoms with Gasteiger partial charge in [-0.25, -0.2) is 0 Å². The van der Waals surface area contributed by atoms with Crippen molar-refractivity contribution in [3.8, 4) is 11.1 Å². The predicted octanol–water partition coefficient (Wildman–Crippen LogP) is 19.7. The third-order valence-corrected chi connectivity index (χ3v) is 15.7. The highest BCUT2D eigenvalue weighted by atomic mass is 15.2. The smallest absolute Gasteiger partial charge is 0.0725 e. The minimum absolute atomic E-state index is 0.765. The van der Waals surface area contributed by atoms with Crippen LogP contribution in [0.4, 0.5) is 62.6 Å². The van der Waals surface area contributed by atoms with Gasteiger partial charge in [-0.3, -0.25) is 0 Å². The van der Waals surface area contributed by atoms with Crippen molar-refractivity contribution in [3.05, 3.63) is 337 Å². The van der Waals surface area contributed by atoms with Gasteiger partial charge in [0.2, 0.25) is 0 Å². The molecule has 1 spiro atoms. The number of hydrogen-bond donors (Lipinski definition) is 0. The van der Waals surface area contributed by atoms with E-state index in [1.54, 1.807) is 0 Å². The molecule has 0 radical (unpaired) electrons. The van der Waals surface area contributed by atoms with E-state index in [0.29, 0.717) is 0 Å². The van der Waals surface area contributed by atoms with Gasteiger partial charge in [-0.05, 0) is 197 Å². The Bertz CT molecular complexity index is 3670. The quantitative estimate of drug-likeness (QED) is 0.121. The summed E-state index contributed by atoms with van der Waals surface area (Å²) in [5.41, 5.74) is 23.0. The summed E-state index contributed by atoms with van der Waals surface area (Å²) >= 11 is 0. The molecule has 0 aromatic heterocycles. The highest BCUT2D eigenvalue weighted by Gasteiger charge is 2.54. The van der Waals surface area contributed by atoms with E-state index >= 15 is 0 Å². The fraction of sp³-hybridized carbons (Fsp3) is 0.0411. The third-order valence-electron chi connectivity index (χ3n) is 15.7. The first kappa shape index (κ1) is 45.7. The van der Waals surface area contributed by atoms with Crippen LogP contribution in [0, 0.1) is 0 Å². The predicted molar refractivity (Wildman–Crippen MR) is 322 cm³/mol. The molecule has 3 aliphatic rings. The van der Waals surface area contributed by atoms with Crippen LogP contribution in [0.1, 0.15) is 35.1 Å². The molecule has 77 heavy (non-hydrogen) atoms. The van der Waals surface area contributed by atoms with Crippen LogP contribution in [0.25, 0.3) is 16.7 Å². The molecular formula is C73H54N4.